The van der Waals surface area contributed by atoms with Crippen molar-refractivity contribution in [1.29, 1.82) is 0 Å². The lowest BCUT2D eigenvalue weighted by molar-refractivity contribution is 0.666. The summed E-state index contributed by atoms with van der Waals surface area (Å²) in [6, 6.07) is 13.3. The summed E-state index contributed by atoms with van der Waals surface area (Å²) < 4.78 is 0. The molecule has 21 heavy (non-hydrogen) atoms. The standard InChI is InChI=1S/C20H25N/c1-3-5-6-7-10-16-15(4-2)13-14-18-17-11-8-9-12-19(17)21-20(16)18/h8-9,11-14,21H,3-7,10H2,1-2H3. The summed E-state index contributed by atoms with van der Waals surface area (Å²) in [5, 5.41) is 2.73. The molecule has 1 aromatic heterocycles. The molecule has 0 saturated heterocycles. The first-order valence-electron chi connectivity index (χ1n) is 8.36. The molecule has 0 fully saturated rings. The molecule has 1 heterocycles. The van der Waals surface area contributed by atoms with Gasteiger partial charge in [-0.1, -0.05) is 63.4 Å². The lowest BCUT2D eigenvalue weighted by Gasteiger charge is -2.09. The Hall–Kier alpha value is -1.76. The van der Waals surface area contributed by atoms with Crippen LogP contribution < -0.4 is 0 Å². The van der Waals surface area contributed by atoms with Gasteiger partial charge >= 0.3 is 0 Å². The zero-order chi connectivity index (χ0) is 14.7. The molecule has 3 aromatic rings. The third kappa shape index (κ3) is 2.70. The van der Waals surface area contributed by atoms with Gasteiger partial charge in [0.25, 0.3) is 0 Å². The molecule has 0 amide bonds. The second kappa shape index (κ2) is 6.34. The number of fused-ring (bicyclic) bond motifs is 3. The predicted molar refractivity (Wildman–Crippen MR) is 93.0 cm³/mol. The number of aryl methyl sites for hydroxylation is 2. The fourth-order valence-electron chi connectivity index (χ4n) is 3.37. The van der Waals surface area contributed by atoms with E-state index in [1.807, 2.05) is 0 Å². The maximum atomic E-state index is 3.66. The van der Waals surface area contributed by atoms with Gasteiger partial charge in [0.2, 0.25) is 0 Å². The topological polar surface area (TPSA) is 15.8 Å². The van der Waals surface area contributed by atoms with Crippen LogP contribution in [-0.2, 0) is 12.8 Å². The van der Waals surface area contributed by atoms with E-state index in [-0.39, 0.29) is 0 Å². The van der Waals surface area contributed by atoms with Gasteiger partial charge < -0.3 is 4.98 Å². The molecule has 1 heteroatoms. The van der Waals surface area contributed by atoms with Crippen molar-refractivity contribution in [3.8, 4) is 0 Å². The highest BCUT2D eigenvalue weighted by Gasteiger charge is 2.11. The molecule has 1 nitrogen and oxygen atoms in total. The van der Waals surface area contributed by atoms with Gasteiger partial charge in [0, 0.05) is 21.8 Å². The molecule has 0 spiro atoms. The summed E-state index contributed by atoms with van der Waals surface area (Å²) in [7, 11) is 0. The van der Waals surface area contributed by atoms with Crippen LogP contribution >= 0.6 is 0 Å². The zero-order valence-electron chi connectivity index (χ0n) is 13.2. The zero-order valence-corrected chi connectivity index (χ0v) is 13.2. The average Bonchev–Trinajstić information content (AvgIpc) is 2.90. The summed E-state index contributed by atoms with van der Waals surface area (Å²) >= 11 is 0. The van der Waals surface area contributed by atoms with Crippen LogP contribution in [0.15, 0.2) is 36.4 Å². The fraction of sp³-hybridized carbons (Fsp3) is 0.400. The van der Waals surface area contributed by atoms with Crippen LogP contribution in [0.4, 0.5) is 0 Å². The Morgan fingerprint density at radius 2 is 1.71 bits per heavy atom. The van der Waals surface area contributed by atoms with Gasteiger partial charge in [0.05, 0.1) is 0 Å². The molecular formula is C20H25N. The van der Waals surface area contributed by atoms with E-state index < -0.39 is 0 Å². The molecule has 0 saturated carbocycles. The summed E-state index contributed by atoms with van der Waals surface area (Å²) in [5.41, 5.74) is 5.68. The predicted octanol–water partition coefficient (Wildman–Crippen LogP) is 6.01. The van der Waals surface area contributed by atoms with E-state index in [9.17, 15) is 0 Å². The van der Waals surface area contributed by atoms with Crippen LogP contribution in [0.2, 0.25) is 0 Å². The largest absolute Gasteiger partial charge is 0.354 e. The Morgan fingerprint density at radius 1 is 0.857 bits per heavy atom. The number of hydrogen-bond acceptors (Lipinski definition) is 0. The summed E-state index contributed by atoms with van der Waals surface area (Å²) in [4.78, 5) is 3.66. The highest BCUT2D eigenvalue weighted by atomic mass is 14.7. The molecule has 0 unspecified atom stereocenters. The second-order valence-corrected chi connectivity index (χ2v) is 5.96. The Bertz CT molecular complexity index is 736. The monoisotopic (exact) mass is 279 g/mol. The third-order valence-electron chi connectivity index (χ3n) is 4.55. The summed E-state index contributed by atoms with van der Waals surface area (Å²) in [5.74, 6) is 0. The van der Waals surface area contributed by atoms with Crippen LogP contribution in [0.3, 0.4) is 0 Å². The van der Waals surface area contributed by atoms with E-state index in [1.165, 1.54) is 59.5 Å². The van der Waals surface area contributed by atoms with E-state index in [1.54, 1.807) is 5.56 Å². The molecule has 2 aromatic carbocycles. The van der Waals surface area contributed by atoms with E-state index in [0.717, 1.165) is 6.42 Å². The quantitative estimate of drug-likeness (QED) is 0.532. The summed E-state index contributed by atoms with van der Waals surface area (Å²) in [6.07, 6.45) is 7.62. The lowest BCUT2D eigenvalue weighted by atomic mass is 9.96. The normalized spacial score (nSPS) is 11.5. The number of rotatable bonds is 6. The number of hydrogen-bond donors (Lipinski definition) is 1. The van der Waals surface area contributed by atoms with Gasteiger partial charge in [-0.05, 0) is 36.5 Å². The van der Waals surface area contributed by atoms with E-state index in [2.05, 4.69) is 55.2 Å². The van der Waals surface area contributed by atoms with Crippen LogP contribution in [0.5, 0.6) is 0 Å². The molecule has 110 valence electrons. The van der Waals surface area contributed by atoms with Crippen LogP contribution in [0.1, 0.15) is 50.7 Å². The number of aromatic nitrogens is 1. The first kappa shape index (κ1) is 14.2. The molecule has 0 aliphatic rings. The van der Waals surface area contributed by atoms with Crippen molar-refractivity contribution in [2.45, 2.75) is 52.4 Å². The molecule has 0 aliphatic carbocycles. The molecule has 1 N–H and O–H groups in total. The Labute approximate surface area is 127 Å². The second-order valence-electron chi connectivity index (χ2n) is 5.96. The minimum atomic E-state index is 1.12. The maximum Gasteiger partial charge on any atom is 0.0500 e. The smallest absolute Gasteiger partial charge is 0.0500 e. The number of unbranched alkanes of at least 4 members (excludes halogenated alkanes) is 3. The van der Waals surface area contributed by atoms with E-state index >= 15 is 0 Å². The van der Waals surface area contributed by atoms with Crippen molar-refractivity contribution in [1.82, 2.24) is 4.98 Å². The molecule has 0 atom stereocenters. The van der Waals surface area contributed by atoms with Crippen molar-refractivity contribution in [2.75, 3.05) is 0 Å². The minimum absolute atomic E-state index is 1.12. The van der Waals surface area contributed by atoms with Gasteiger partial charge in [-0.15, -0.1) is 0 Å². The molecule has 0 aliphatic heterocycles. The minimum Gasteiger partial charge on any atom is -0.354 e. The van der Waals surface area contributed by atoms with Crippen LogP contribution in [0, 0.1) is 0 Å². The maximum absolute atomic E-state index is 3.66. The van der Waals surface area contributed by atoms with Crippen molar-refractivity contribution < 1.29 is 0 Å². The van der Waals surface area contributed by atoms with E-state index in [0.29, 0.717) is 0 Å². The van der Waals surface area contributed by atoms with Gasteiger partial charge in [0.15, 0.2) is 0 Å². The summed E-state index contributed by atoms with van der Waals surface area (Å²) in [6.45, 7) is 4.54. The number of H-pyrrole nitrogens is 1. The first-order valence-corrected chi connectivity index (χ1v) is 8.36. The first-order chi connectivity index (χ1) is 10.3. The van der Waals surface area contributed by atoms with Gasteiger partial charge in [-0.3, -0.25) is 0 Å². The SMILES string of the molecule is CCCCCCc1c(CC)ccc2c1[nH]c1ccccc12. The van der Waals surface area contributed by atoms with Crippen LogP contribution in [-0.4, -0.2) is 4.98 Å². The number of benzene rings is 2. The third-order valence-corrected chi connectivity index (χ3v) is 4.55. The Kier molecular flexibility index (Phi) is 4.28. The molecule has 0 radical (unpaired) electrons. The number of aromatic amines is 1. The fourth-order valence-corrected chi connectivity index (χ4v) is 3.37. The molecule has 0 bridgehead atoms. The van der Waals surface area contributed by atoms with Crippen molar-refractivity contribution in [3.63, 3.8) is 0 Å². The molecule has 3 rings (SSSR count). The van der Waals surface area contributed by atoms with Crippen molar-refractivity contribution in [3.05, 3.63) is 47.5 Å². The Morgan fingerprint density at radius 3 is 2.52 bits per heavy atom. The number of para-hydroxylation sites is 1. The highest BCUT2D eigenvalue weighted by Crippen LogP contribution is 2.30. The van der Waals surface area contributed by atoms with Gasteiger partial charge in [-0.25, -0.2) is 0 Å². The average molecular weight is 279 g/mol. The van der Waals surface area contributed by atoms with E-state index in [4.69, 9.17) is 0 Å². The number of nitrogens with one attached hydrogen (secondary N) is 1. The van der Waals surface area contributed by atoms with Crippen LogP contribution in [0.25, 0.3) is 21.8 Å². The lowest BCUT2D eigenvalue weighted by Crippen LogP contribution is -1.95. The van der Waals surface area contributed by atoms with Gasteiger partial charge in [0.1, 0.15) is 0 Å². The molecular weight excluding hydrogens is 254 g/mol. The highest BCUT2D eigenvalue weighted by molar-refractivity contribution is 6.08. The Balaban J connectivity index is 2.05. The van der Waals surface area contributed by atoms with Gasteiger partial charge in [-0.2, -0.15) is 0 Å². The van der Waals surface area contributed by atoms with Crippen molar-refractivity contribution >= 4 is 21.8 Å². The van der Waals surface area contributed by atoms with Crippen molar-refractivity contribution in [2.24, 2.45) is 0 Å².